The molecule has 0 bridgehead atoms. The Kier molecular flexibility index (Phi) is 10.1. The smallest absolute Gasteiger partial charge is 0.0574 e. The van der Waals surface area contributed by atoms with Crippen molar-refractivity contribution in [1.82, 2.24) is 10.1 Å². The highest BCUT2D eigenvalue weighted by Gasteiger charge is 1.70. The first kappa shape index (κ1) is 11.6. The van der Waals surface area contributed by atoms with Crippen molar-refractivity contribution < 1.29 is 10.0 Å². The van der Waals surface area contributed by atoms with E-state index in [0.29, 0.717) is 0 Å². The Morgan fingerprint density at radius 3 is 1.22 bits per heavy atom. The van der Waals surface area contributed by atoms with Gasteiger partial charge in [0.05, 0.1) is 7.11 Å². The molecule has 0 fully saturated rings. The van der Waals surface area contributed by atoms with Gasteiger partial charge >= 0.3 is 0 Å². The minimum Gasteiger partial charge on any atom is -0.315 e. The second-order valence-corrected chi connectivity index (χ2v) is 1.84. The molecule has 0 rings (SSSR count). The lowest BCUT2D eigenvalue weighted by atomic mass is 11.2. The molecule has 0 amide bonds. The normalized spacial score (nSPS) is 9.33. The fourth-order valence-electron chi connectivity index (χ4n) is 0. The Bertz CT molecular complexity index is 45.5. The molecule has 4 nitrogen and oxygen atoms in total. The van der Waals surface area contributed by atoms with Crippen molar-refractivity contribution in [3.05, 3.63) is 0 Å². The fourth-order valence-corrected chi connectivity index (χ4v) is 0. The summed E-state index contributed by atoms with van der Waals surface area (Å²) in [6, 6.07) is 0. The third kappa shape index (κ3) is 79.0. The Hall–Kier alpha value is -0.160. The molecule has 4 heteroatoms. The van der Waals surface area contributed by atoms with E-state index in [1.54, 1.807) is 26.3 Å². The number of hydroxylamine groups is 4. The molecule has 0 aromatic carbocycles. The molecule has 0 aliphatic rings. The van der Waals surface area contributed by atoms with Crippen LogP contribution in [-0.2, 0) is 4.84 Å². The van der Waals surface area contributed by atoms with Gasteiger partial charge < -0.3 is 10.0 Å². The molecule has 1 N–H and O–H groups in total. The van der Waals surface area contributed by atoms with Gasteiger partial charge in [-0.1, -0.05) is 0 Å². The minimum absolute atomic E-state index is 1.00. The molecule has 0 saturated heterocycles. The second kappa shape index (κ2) is 7.84. The first-order valence-corrected chi connectivity index (χ1v) is 2.58. The van der Waals surface area contributed by atoms with Gasteiger partial charge in [0.15, 0.2) is 0 Å². The average Bonchev–Trinajstić information content (AvgIpc) is 1.65. The topological polar surface area (TPSA) is 35.9 Å². The first-order valence-electron chi connectivity index (χ1n) is 2.58. The molecule has 0 atom stereocenters. The van der Waals surface area contributed by atoms with Crippen molar-refractivity contribution in [3.8, 4) is 0 Å². The van der Waals surface area contributed by atoms with Gasteiger partial charge in [-0.3, -0.25) is 0 Å². The molecular weight excluding hydrogens is 120 g/mol. The summed E-state index contributed by atoms with van der Waals surface area (Å²) in [5, 5.41) is 10.5. The number of hydrogen-bond donors (Lipinski definition) is 1. The van der Waals surface area contributed by atoms with Gasteiger partial charge in [0.25, 0.3) is 0 Å². The molecule has 0 unspecified atom stereocenters. The van der Waals surface area contributed by atoms with Crippen LogP contribution in [-0.4, -0.2) is 50.6 Å². The van der Waals surface area contributed by atoms with E-state index >= 15 is 0 Å². The molecule has 0 heterocycles. The van der Waals surface area contributed by atoms with E-state index in [1.165, 1.54) is 0 Å². The summed E-state index contributed by atoms with van der Waals surface area (Å²) in [6.45, 7) is 0. The summed E-state index contributed by atoms with van der Waals surface area (Å²) in [5.74, 6) is 0. The second-order valence-electron chi connectivity index (χ2n) is 1.84. The zero-order chi connectivity index (χ0) is 7.86. The van der Waals surface area contributed by atoms with E-state index in [-0.39, 0.29) is 0 Å². The van der Waals surface area contributed by atoms with Crippen LogP contribution < -0.4 is 0 Å². The lowest BCUT2D eigenvalue weighted by Gasteiger charge is -2.01. The van der Waals surface area contributed by atoms with Gasteiger partial charge in [0, 0.05) is 28.2 Å². The van der Waals surface area contributed by atoms with Gasteiger partial charge in [0.2, 0.25) is 0 Å². The zero-order valence-corrected chi connectivity index (χ0v) is 6.75. The van der Waals surface area contributed by atoms with Crippen LogP contribution in [0, 0.1) is 0 Å². The number of hydrogen-bond acceptors (Lipinski definition) is 4. The molecule has 0 aromatic rings. The predicted octanol–water partition coefficient (Wildman–Crippen LogP) is 0.0466. The van der Waals surface area contributed by atoms with Gasteiger partial charge in [-0.2, -0.15) is 10.1 Å². The molecule has 58 valence electrons. The zero-order valence-electron chi connectivity index (χ0n) is 6.75. The Morgan fingerprint density at radius 1 is 1.11 bits per heavy atom. The fraction of sp³-hybridized carbons (Fsp3) is 1.00. The van der Waals surface area contributed by atoms with E-state index in [2.05, 4.69) is 4.84 Å². The van der Waals surface area contributed by atoms with Crippen LogP contribution in [0.5, 0.6) is 0 Å². The van der Waals surface area contributed by atoms with Crippen LogP contribution in [0.2, 0.25) is 0 Å². The first-order chi connectivity index (χ1) is 4.00. The number of rotatable bonds is 1. The standard InChI is InChI=1S/C3H9NO.C2H7NO/c1-4(2)5-3;1-3(2)4/h1-3H3;4H,1-2H3. The highest BCUT2D eigenvalue weighted by molar-refractivity contribution is 3.97. The van der Waals surface area contributed by atoms with Crippen LogP contribution in [0.15, 0.2) is 0 Å². The van der Waals surface area contributed by atoms with Crippen LogP contribution in [0.4, 0.5) is 0 Å². The largest absolute Gasteiger partial charge is 0.315 e. The molecular formula is C5H16N2O2. The van der Waals surface area contributed by atoms with Crippen LogP contribution in [0.25, 0.3) is 0 Å². The molecule has 9 heavy (non-hydrogen) atoms. The monoisotopic (exact) mass is 136 g/mol. The quantitative estimate of drug-likeness (QED) is 0.516. The number of nitrogens with zero attached hydrogens (tertiary/aromatic N) is 2. The minimum atomic E-state index is 1.00. The van der Waals surface area contributed by atoms with E-state index in [9.17, 15) is 0 Å². The predicted molar refractivity (Wildman–Crippen MR) is 36.2 cm³/mol. The van der Waals surface area contributed by atoms with Gasteiger partial charge in [-0.05, 0) is 0 Å². The van der Waals surface area contributed by atoms with Crippen LogP contribution in [0.3, 0.4) is 0 Å². The third-order valence-electron chi connectivity index (χ3n) is 0.365. The lowest BCUT2D eigenvalue weighted by Crippen LogP contribution is -2.07. The highest BCUT2D eigenvalue weighted by atomic mass is 16.7. The van der Waals surface area contributed by atoms with Gasteiger partial charge in [-0.25, -0.2) is 0 Å². The van der Waals surface area contributed by atoms with E-state index in [4.69, 9.17) is 5.21 Å². The molecule has 0 saturated carbocycles. The van der Waals surface area contributed by atoms with Crippen LogP contribution in [0.1, 0.15) is 0 Å². The maximum absolute atomic E-state index is 7.89. The Morgan fingerprint density at radius 2 is 1.22 bits per heavy atom. The molecule has 0 radical (unpaired) electrons. The summed E-state index contributed by atoms with van der Waals surface area (Å²) < 4.78 is 0. The summed E-state index contributed by atoms with van der Waals surface area (Å²) >= 11 is 0. The molecule has 0 spiro atoms. The van der Waals surface area contributed by atoms with Crippen molar-refractivity contribution in [2.75, 3.05) is 35.3 Å². The summed E-state index contributed by atoms with van der Waals surface area (Å²) in [6.07, 6.45) is 0. The maximum Gasteiger partial charge on any atom is 0.0574 e. The van der Waals surface area contributed by atoms with Crippen molar-refractivity contribution >= 4 is 0 Å². The van der Waals surface area contributed by atoms with E-state index in [0.717, 1.165) is 5.06 Å². The summed E-state index contributed by atoms with van der Waals surface area (Å²) in [4.78, 5) is 4.58. The molecule has 0 aliphatic carbocycles. The highest BCUT2D eigenvalue weighted by Crippen LogP contribution is 1.64. The van der Waals surface area contributed by atoms with Crippen LogP contribution >= 0.6 is 0 Å². The summed E-state index contributed by atoms with van der Waals surface area (Å²) in [5.41, 5.74) is 0. The van der Waals surface area contributed by atoms with E-state index < -0.39 is 0 Å². The van der Waals surface area contributed by atoms with Crippen molar-refractivity contribution in [2.45, 2.75) is 0 Å². The average molecular weight is 136 g/mol. The van der Waals surface area contributed by atoms with Crippen molar-refractivity contribution in [1.29, 1.82) is 0 Å². The van der Waals surface area contributed by atoms with Crippen molar-refractivity contribution in [3.63, 3.8) is 0 Å². The Labute approximate surface area is 56.5 Å². The SMILES string of the molecule is CN(C)O.CON(C)C. The van der Waals surface area contributed by atoms with Gasteiger partial charge in [-0.15, -0.1) is 0 Å². The van der Waals surface area contributed by atoms with E-state index in [1.807, 2.05) is 14.1 Å². The lowest BCUT2D eigenvalue weighted by molar-refractivity contribution is -0.0855. The maximum atomic E-state index is 7.89. The third-order valence-corrected chi connectivity index (χ3v) is 0.365. The Balaban J connectivity index is 0. The molecule has 0 aliphatic heterocycles. The molecule has 0 aromatic heterocycles. The van der Waals surface area contributed by atoms with Crippen molar-refractivity contribution in [2.24, 2.45) is 0 Å². The summed E-state index contributed by atoms with van der Waals surface area (Å²) in [7, 11) is 8.40. The van der Waals surface area contributed by atoms with Gasteiger partial charge in [0.1, 0.15) is 0 Å².